The number of anilines is 2. The van der Waals surface area contributed by atoms with Crippen LogP contribution in [0.3, 0.4) is 0 Å². The standard InChI is InChI=1S/C24H17F6N5O2/c1-31-21(36)20-18-4-2-3-5-19(18)35(34-20)17-8-6-15(7-9-17)32-22(37)33-16-11-13(23(25,26)27)10-14(12-16)24(28,29)30/h2-12H,1H3,(H,31,36)(H2,32,33,37). The van der Waals surface area contributed by atoms with E-state index < -0.39 is 35.2 Å². The first-order valence-electron chi connectivity index (χ1n) is 10.5. The average molecular weight is 521 g/mol. The van der Waals surface area contributed by atoms with Crippen LogP contribution in [0.5, 0.6) is 0 Å². The molecule has 0 aliphatic carbocycles. The molecule has 0 aliphatic heterocycles. The van der Waals surface area contributed by atoms with Crippen molar-refractivity contribution in [3.05, 3.63) is 83.6 Å². The van der Waals surface area contributed by atoms with Crippen LogP contribution < -0.4 is 16.0 Å². The summed E-state index contributed by atoms with van der Waals surface area (Å²) in [5, 5.41) is 11.8. The minimum absolute atomic E-state index is 0.0314. The largest absolute Gasteiger partial charge is 0.416 e. The molecule has 0 atom stereocenters. The van der Waals surface area contributed by atoms with Crippen molar-refractivity contribution in [3.8, 4) is 5.69 Å². The number of carbonyl (C=O) groups is 2. The first-order chi connectivity index (χ1) is 17.4. The molecule has 37 heavy (non-hydrogen) atoms. The average Bonchev–Trinajstić information content (AvgIpc) is 3.22. The molecule has 0 spiro atoms. The molecule has 4 aromatic rings. The molecule has 0 saturated carbocycles. The lowest BCUT2D eigenvalue weighted by atomic mass is 10.1. The Kier molecular flexibility index (Phi) is 6.55. The fourth-order valence-electron chi connectivity index (χ4n) is 3.56. The molecule has 192 valence electrons. The molecule has 0 radical (unpaired) electrons. The fraction of sp³-hybridized carbons (Fsp3) is 0.125. The Labute approximate surface area is 205 Å². The number of rotatable bonds is 4. The maximum absolute atomic E-state index is 13.0. The van der Waals surface area contributed by atoms with Gasteiger partial charge in [-0.1, -0.05) is 18.2 Å². The number of carbonyl (C=O) groups excluding carboxylic acids is 2. The molecule has 0 saturated heterocycles. The number of hydrogen-bond donors (Lipinski definition) is 3. The number of nitrogens with zero attached hydrogens (tertiary/aromatic N) is 2. The Hall–Kier alpha value is -4.55. The third-order valence-corrected chi connectivity index (χ3v) is 5.24. The van der Waals surface area contributed by atoms with Crippen LogP contribution in [0.15, 0.2) is 66.7 Å². The van der Waals surface area contributed by atoms with E-state index in [4.69, 9.17) is 0 Å². The van der Waals surface area contributed by atoms with E-state index in [9.17, 15) is 35.9 Å². The maximum Gasteiger partial charge on any atom is 0.416 e. The quantitative estimate of drug-likeness (QED) is 0.285. The van der Waals surface area contributed by atoms with Crippen molar-refractivity contribution in [2.75, 3.05) is 17.7 Å². The monoisotopic (exact) mass is 521 g/mol. The smallest absolute Gasteiger partial charge is 0.354 e. The zero-order valence-electron chi connectivity index (χ0n) is 18.8. The van der Waals surface area contributed by atoms with Crippen molar-refractivity contribution >= 4 is 34.2 Å². The molecular weight excluding hydrogens is 504 g/mol. The Morgan fingerprint density at radius 2 is 1.35 bits per heavy atom. The van der Waals surface area contributed by atoms with Gasteiger partial charge in [0.1, 0.15) is 0 Å². The van der Waals surface area contributed by atoms with Crippen molar-refractivity contribution in [1.82, 2.24) is 15.1 Å². The van der Waals surface area contributed by atoms with Crippen LogP contribution in [0.25, 0.3) is 16.6 Å². The van der Waals surface area contributed by atoms with E-state index in [-0.39, 0.29) is 23.4 Å². The summed E-state index contributed by atoms with van der Waals surface area (Å²) < 4.78 is 79.7. The van der Waals surface area contributed by atoms with E-state index in [0.717, 1.165) is 0 Å². The lowest BCUT2D eigenvalue weighted by Gasteiger charge is -2.15. The number of hydrogen-bond acceptors (Lipinski definition) is 3. The first-order valence-corrected chi connectivity index (χ1v) is 10.5. The summed E-state index contributed by atoms with van der Waals surface area (Å²) in [6, 6.07) is 12.8. The number of para-hydroxylation sites is 1. The molecule has 1 aromatic heterocycles. The Bertz CT molecular complexity index is 1440. The number of fused-ring (bicyclic) bond motifs is 1. The lowest BCUT2D eigenvalue weighted by Crippen LogP contribution is -2.20. The van der Waals surface area contributed by atoms with Gasteiger partial charge >= 0.3 is 18.4 Å². The topological polar surface area (TPSA) is 88.1 Å². The molecular formula is C24H17F6N5O2. The van der Waals surface area contributed by atoms with Gasteiger partial charge in [0.25, 0.3) is 5.91 Å². The van der Waals surface area contributed by atoms with Crippen molar-refractivity contribution in [2.24, 2.45) is 0 Å². The van der Waals surface area contributed by atoms with Crippen LogP contribution in [0.1, 0.15) is 21.6 Å². The molecule has 0 fully saturated rings. The minimum atomic E-state index is -5.04. The maximum atomic E-state index is 13.0. The summed E-state index contributed by atoms with van der Waals surface area (Å²) in [6.45, 7) is 0. The van der Waals surface area contributed by atoms with Crippen LogP contribution in [-0.2, 0) is 12.4 Å². The van der Waals surface area contributed by atoms with Crippen LogP contribution in [0.4, 0.5) is 42.5 Å². The van der Waals surface area contributed by atoms with Gasteiger partial charge in [-0.3, -0.25) is 4.79 Å². The number of urea groups is 1. The molecule has 3 aromatic carbocycles. The van der Waals surface area contributed by atoms with Crippen LogP contribution >= 0.6 is 0 Å². The highest BCUT2D eigenvalue weighted by molar-refractivity contribution is 6.05. The van der Waals surface area contributed by atoms with Crippen molar-refractivity contribution in [1.29, 1.82) is 0 Å². The second-order valence-electron chi connectivity index (χ2n) is 7.78. The summed E-state index contributed by atoms with van der Waals surface area (Å²) in [5.41, 5.74) is -2.20. The molecule has 4 rings (SSSR count). The van der Waals surface area contributed by atoms with E-state index in [1.165, 1.54) is 23.9 Å². The van der Waals surface area contributed by atoms with Gasteiger partial charge in [0.15, 0.2) is 5.69 Å². The van der Waals surface area contributed by atoms with Crippen LogP contribution in [-0.4, -0.2) is 28.8 Å². The molecule has 0 unspecified atom stereocenters. The third-order valence-electron chi connectivity index (χ3n) is 5.24. The van der Waals surface area contributed by atoms with Gasteiger partial charge in [-0.05, 0) is 48.5 Å². The predicted octanol–water partition coefficient (Wildman–Crippen LogP) is 6.07. The van der Waals surface area contributed by atoms with Crippen molar-refractivity contribution in [3.63, 3.8) is 0 Å². The van der Waals surface area contributed by atoms with Gasteiger partial charge in [-0.25, -0.2) is 9.48 Å². The highest BCUT2D eigenvalue weighted by Crippen LogP contribution is 2.37. The fourth-order valence-corrected chi connectivity index (χ4v) is 3.56. The van der Waals surface area contributed by atoms with Gasteiger partial charge in [-0.15, -0.1) is 0 Å². The Balaban J connectivity index is 1.55. The Morgan fingerprint density at radius 1 is 0.784 bits per heavy atom. The molecule has 0 bridgehead atoms. The van der Waals surface area contributed by atoms with Gasteiger partial charge in [-0.2, -0.15) is 31.4 Å². The van der Waals surface area contributed by atoms with Crippen LogP contribution in [0.2, 0.25) is 0 Å². The summed E-state index contributed by atoms with van der Waals surface area (Å²) in [6.07, 6.45) is -10.1. The Morgan fingerprint density at radius 3 is 1.92 bits per heavy atom. The normalized spacial score (nSPS) is 11.9. The highest BCUT2D eigenvalue weighted by atomic mass is 19.4. The van der Waals surface area contributed by atoms with Gasteiger partial charge < -0.3 is 16.0 Å². The first kappa shape index (κ1) is 25.5. The molecule has 3 amide bonds. The SMILES string of the molecule is CNC(=O)c1nn(-c2ccc(NC(=O)Nc3cc(C(F)(F)F)cc(C(F)(F)F)c3)cc2)c2ccccc12. The molecule has 0 aliphatic rings. The number of alkyl halides is 6. The van der Waals surface area contributed by atoms with E-state index >= 15 is 0 Å². The zero-order chi connectivity index (χ0) is 27.0. The summed E-state index contributed by atoms with van der Waals surface area (Å²) >= 11 is 0. The second kappa shape index (κ2) is 9.48. The number of nitrogens with one attached hydrogen (secondary N) is 3. The molecule has 7 nitrogen and oxygen atoms in total. The summed E-state index contributed by atoms with van der Waals surface area (Å²) in [5.74, 6) is -0.381. The van der Waals surface area contributed by atoms with E-state index in [2.05, 4.69) is 15.7 Å². The van der Waals surface area contributed by atoms with Crippen molar-refractivity contribution < 1.29 is 35.9 Å². The number of amides is 3. The summed E-state index contributed by atoms with van der Waals surface area (Å²) in [4.78, 5) is 24.5. The molecule has 13 heteroatoms. The number of benzene rings is 3. The number of halogens is 6. The second-order valence-corrected chi connectivity index (χ2v) is 7.78. The van der Waals surface area contributed by atoms with Gasteiger partial charge in [0, 0.05) is 23.8 Å². The van der Waals surface area contributed by atoms with Gasteiger partial charge in [0.05, 0.1) is 22.3 Å². The highest BCUT2D eigenvalue weighted by Gasteiger charge is 2.37. The van der Waals surface area contributed by atoms with E-state index in [1.54, 1.807) is 36.4 Å². The lowest BCUT2D eigenvalue weighted by molar-refractivity contribution is -0.143. The third kappa shape index (κ3) is 5.50. The van der Waals surface area contributed by atoms with E-state index in [1.807, 2.05) is 5.32 Å². The molecule has 1 heterocycles. The van der Waals surface area contributed by atoms with Gasteiger partial charge in [0.2, 0.25) is 0 Å². The zero-order valence-corrected chi connectivity index (χ0v) is 18.8. The van der Waals surface area contributed by atoms with E-state index in [0.29, 0.717) is 28.7 Å². The van der Waals surface area contributed by atoms with Crippen molar-refractivity contribution in [2.45, 2.75) is 12.4 Å². The molecule has 3 N–H and O–H groups in total. The summed E-state index contributed by atoms with van der Waals surface area (Å²) in [7, 11) is 1.48. The van der Waals surface area contributed by atoms with Crippen LogP contribution in [0, 0.1) is 0 Å². The number of aromatic nitrogens is 2. The minimum Gasteiger partial charge on any atom is -0.354 e. The predicted molar refractivity (Wildman–Crippen MR) is 124 cm³/mol.